The quantitative estimate of drug-likeness (QED) is 0.485. The molecule has 0 fully saturated rings. The largest absolute Gasteiger partial charge is 0.140 e. The molecule has 0 nitrogen and oxygen atoms in total. The third kappa shape index (κ3) is 3.35. The number of hydrogen-bond donors (Lipinski definition) is 0. The highest BCUT2D eigenvalue weighted by atomic mass is 32.1. The average molecular weight is 307 g/mol. The normalized spacial score (nSPS) is 10.1. The molecule has 0 saturated heterocycles. The molecule has 0 N–H and O–H groups in total. The number of aryl methyl sites for hydroxylation is 2. The van der Waals surface area contributed by atoms with Gasteiger partial charge in [0.15, 0.2) is 0 Å². The smallest absolute Gasteiger partial charge is 0.0449 e. The van der Waals surface area contributed by atoms with E-state index in [4.69, 9.17) is 0 Å². The molecule has 0 atom stereocenters. The first-order chi connectivity index (χ1) is 9.22. The Kier molecular flexibility index (Phi) is 4.97. The lowest BCUT2D eigenvalue weighted by Gasteiger charge is -1.90. The summed E-state index contributed by atoms with van der Waals surface area (Å²) in [5.74, 6) is 0. The van der Waals surface area contributed by atoms with E-state index in [9.17, 15) is 0 Å². The molecule has 0 amide bonds. The van der Waals surface area contributed by atoms with E-state index in [0.717, 1.165) is 0 Å². The monoisotopic (exact) mass is 306 g/mol. The van der Waals surface area contributed by atoms with Gasteiger partial charge in [0.05, 0.1) is 0 Å². The Morgan fingerprint density at radius 3 is 1.16 bits per heavy atom. The fourth-order valence-corrected chi connectivity index (χ4v) is 4.66. The molecular formula is C16H18S3. The lowest BCUT2D eigenvalue weighted by Crippen LogP contribution is -1.57. The molecule has 3 heteroatoms. The highest BCUT2D eigenvalue weighted by molar-refractivity contribution is 7.26. The van der Waals surface area contributed by atoms with Crippen molar-refractivity contribution in [2.75, 3.05) is 0 Å². The van der Waals surface area contributed by atoms with Crippen LogP contribution in [0, 0.1) is 13.8 Å². The highest BCUT2D eigenvalue weighted by Gasteiger charge is 2.07. The van der Waals surface area contributed by atoms with E-state index in [1.54, 1.807) is 0 Å². The molecule has 0 spiro atoms. The van der Waals surface area contributed by atoms with Crippen molar-refractivity contribution < 1.29 is 0 Å². The van der Waals surface area contributed by atoms with Crippen LogP contribution in [0.3, 0.4) is 0 Å². The number of thiophene rings is 3. The lowest BCUT2D eigenvalue weighted by atomic mass is 10.3. The van der Waals surface area contributed by atoms with Crippen molar-refractivity contribution in [2.45, 2.75) is 27.7 Å². The summed E-state index contributed by atoms with van der Waals surface area (Å²) < 4.78 is 0. The molecule has 0 aliphatic carbocycles. The summed E-state index contributed by atoms with van der Waals surface area (Å²) in [6, 6.07) is 13.3. The molecule has 100 valence electrons. The van der Waals surface area contributed by atoms with E-state index in [0.29, 0.717) is 0 Å². The van der Waals surface area contributed by atoms with Crippen LogP contribution in [0.1, 0.15) is 23.6 Å². The zero-order valence-corrected chi connectivity index (χ0v) is 14.1. The fourth-order valence-electron chi connectivity index (χ4n) is 1.74. The standard InChI is InChI=1S/C14H12S3.C2H6/c1-9-3-5-11(15-9)13-7-8-14(17-13)12-6-4-10(2)16-12;1-2/h3-8H,1-2H3;1-2H3. The van der Waals surface area contributed by atoms with Crippen LogP contribution in [-0.2, 0) is 0 Å². The van der Waals surface area contributed by atoms with E-state index in [2.05, 4.69) is 50.2 Å². The zero-order valence-electron chi connectivity index (χ0n) is 11.7. The molecule has 3 rings (SSSR count). The first-order valence-corrected chi connectivity index (χ1v) is 8.91. The van der Waals surface area contributed by atoms with Crippen molar-refractivity contribution in [1.82, 2.24) is 0 Å². The maximum absolute atomic E-state index is 2.24. The molecule has 3 aromatic heterocycles. The van der Waals surface area contributed by atoms with Crippen molar-refractivity contribution in [2.24, 2.45) is 0 Å². The van der Waals surface area contributed by atoms with Gasteiger partial charge in [-0.05, 0) is 50.2 Å². The number of rotatable bonds is 2. The lowest BCUT2D eigenvalue weighted by molar-refractivity contribution is 1.50. The summed E-state index contributed by atoms with van der Waals surface area (Å²) in [6.45, 7) is 8.32. The fraction of sp³-hybridized carbons (Fsp3) is 0.250. The summed E-state index contributed by atoms with van der Waals surface area (Å²) >= 11 is 5.62. The highest BCUT2D eigenvalue weighted by Crippen LogP contribution is 2.39. The molecule has 0 aromatic carbocycles. The third-order valence-electron chi connectivity index (χ3n) is 2.57. The van der Waals surface area contributed by atoms with Crippen molar-refractivity contribution in [1.29, 1.82) is 0 Å². The summed E-state index contributed by atoms with van der Waals surface area (Å²) in [4.78, 5) is 8.27. The van der Waals surface area contributed by atoms with Gasteiger partial charge >= 0.3 is 0 Å². The van der Waals surface area contributed by atoms with Gasteiger partial charge in [-0.25, -0.2) is 0 Å². The minimum atomic E-state index is 1.38. The van der Waals surface area contributed by atoms with Crippen LogP contribution in [-0.4, -0.2) is 0 Å². The molecule has 0 aliphatic rings. The molecule has 0 saturated carbocycles. The van der Waals surface area contributed by atoms with Crippen LogP contribution in [0.4, 0.5) is 0 Å². The van der Waals surface area contributed by atoms with Gasteiger partial charge in [-0.1, -0.05) is 13.8 Å². The summed E-state index contributed by atoms with van der Waals surface area (Å²) in [5, 5.41) is 0. The predicted octanol–water partition coefficient (Wildman–Crippen LogP) is 6.85. The van der Waals surface area contributed by atoms with Gasteiger partial charge in [0, 0.05) is 29.3 Å². The van der Waals surface area contributed by atoms with E-state index in [1.807, 2.05) is 47.9 Å². The third-order valence-corrected chi connectivity index (χ3v) is 6.05. The first kappa shape index (κ1) is 14.5. The molecule has 0 unspecified atom stereocenters. The molecule has 3 heterocycles. The molecule has 0 radical (unpaired) electrons. The maximum Gasteiger partial charge on any atom is 0.0449 e. The van der Waals surface area contributed by atoms with Crippen molar-refractivity contribution in [3.63, 3.8) is 0 Å². The first-order valence-electron chi connectivity index (χ1n) is 6.46. The molecular weight excluding hydrogens is 288 g/mol. The van der Waals surface area contributed by atoms with Gasteiger partial charge in [0.1, 0.15) is 0 Å². The molecule has 3 aromatic rings. The Balaban J connectivity index is 0.000000637. The second-order valence-corrected chi connectivity index (χ2v) is 7.64. The van der Waals surface area contributed by atoms with Crippen LogP contribution < -0.4 is 0 Å². The van der Waals surface area contributed by atoms with E-state index >= 15 is 0 Å². The summed E-state index contributed by atoms with van der Waals surface area (Å²) in [7, 11) is 0. The van der Waals surface area contributed by atoms with Crippen LogP contribution in [0.2, 0.25) is 0 Å². The van der Waals surface area contributed by atoms with Crippen molar-refractivity contribution in [3.8, 4) is 19.5 Å². The second-order valence-electron chi connectivity index (χ2n) is 3.98. The Morgan fingerprint density at radius 1 is 0.526 bits per heavy atom. The van der Waals surface area contributed by atoms with Gasteiger partial charge in [-0.2, -0.15) is 0 Å². The van der Waals surface area contributed by atoms with Crippen molar-refractivity contribution >= 4 is 34.0 Å². The Morgan fingerprint density at radius 2 is 0.842 bits per heavy atom. The maximum atomic E-state index is 2.24. The molecule has 0 bridgehead atoms. The average Bonchev–Trinajstić information content (AvgIpc) is 3.11. The minimum Gasteiger partial charge on any atom is -0.140 e. The Bertz CT molecular complexity index is 586. The van der Waals surface area contributed by atoms with Gasteiger partial charge in [-0.3, -0.25) is 0 Å². The van der Waals surface area contributed by atoms with E-state index in [1.165, 1.54) is 29.3 Å². The van der Waals surface area contributed by atoms with Crippen LogP contribution in [0.15, 0.2) is 36.4 Å². The van der Waals surface area contributed by atoms with E-state index in [-0.39, 0.29) is 0 Å². The van der Waals surface area contributed by atoms with E-state index < -0.39 is 0 Å². The molecule has 19 heavy (non-hydrogen) atoms. The zero-order chi connectivity index (χ0) is 13.8. The topological polar surface area (TPSA) is 0 Å². The summed E-state index contributed by atoms with van der Waals surface area (Å²) in [5.41, 5.74) is 0. The molecule has 0 aliphatic heterocycles. The van der Waals surface area contributed by atoms with Crippen LogP contribution in [0.25, 0.3) is 19.5 Å². The van der Waals surface area contributed by atoms with Gasteiger partial charge in [0.25, 0.3) is 0 Å². The van der Waals surface area contributed by atoms with Gasteiger partial charge < -0.3 is 0 Å². The van der Waals surface area contributed by atoms with Crippen LogP contribution in [0.5, 0.6) is 0 Å². The van der Waals surface area contributed by atoms with Crippen LogP contribution >= 0.6 is 34.0 Å². The van der Waals surface area contributed by atoms with Gasteiger partial charge in [0.2, 0.25) is 0 Å². The number of hydrogen-bond acceptors (Lipinski definition) is 3. The van der Waals surface area contributed by atoms with Gasteiger partial charge in [-0.15, -0.1) is 34.0 Å². The second kappa shape index (κ2) is 6.51. The minimum absolute atomic E-state index is 1.38. The Labute approximate surface area is 127 Å². The predicted molar refractivity (Wildman–Crippen MR) is 91.8 cm³/mol. The summed E-state index contributed by atoms with van der Waals surface area (Å²) in [6.07, 6.45) is 0. The van der Waals surface area contributed by atoms with Crippen molar-refractivity contribution in [3.05, 3.63) is 46.2 Å². The Hall–Kier alpha value is -0.900. The SMILES string of the molecule is CC.Cc1ccc(-c2ccc(-c3ccc(C)s3)s2)s1.